The smallest absolute Gasteiger partial charge is 0.248 e. The molecule has 0 aliphatic heterocycles. The fraction of sp³-hybridized carbons (Fsp3) is 0.192. The van der Waals surface area contributed by atoms with Crippen molar-refractivity contribution in [2.75, 3.05) is 44.8 Å². The van der Waals surface area contributed by atoms with Gasteiger partial charge in [0.15, 0.2) is 11.5 Å². The zero-order valence-corrected chi connectivity index (χ0v) is 19.7. The van der Waals surface area contributed by atoms with Crippen LogP contribution in [0.1, 0.15) is 11.1 Å². The summed E-state index contributed by atoms with van der Waals surface area (Å²) in [5, 5.41) is 6.11. The molecule has 3 rings (SSSR count). The van der Waals surface area contributed by atoms with Crippen molar-refractivity contribution in [3.05, 3.63) is 71.8 Å². The van der Waals surface area contributed by atoms with Gasteiger partial charge in [-0.25, -0.2) is 0 Å². The fourth-order valence-corrected chi connectivity index (χ4v) is 3.35. The van der Waals surface area contributed by atoms with Gasteiger partial charge in [-0.2, -0.15) is 0 Å². The molecule has 0 aliphatic rings. The van der Waals surface area contributed by atoms with Crippen LogP contribution in [0.15, 0.2) is 60.7 Å². The Kier molecular flexibility index (Phi) is 8.23. The Balaban J connectivity index is 1.70. The molecular formula is C26H29N3O5. The first-order valence-corrected chi connectivity index (χ1v) is 10.5. The van der Waals surface area contributed by atoms with Crippen molar-refractivity contribution in [1.82, 2.24) is 0 Å². The van der Waals surface area contributed by atoms with E-state index in [4.69, 9.17) is 24.7 Å². The van der Waals surface area contributed by atoms with Crippen molar-refractivity contribution in [2.24, 2.45) is 0 Å². The molecule has 0 fully saturated rings. The molecule has 8 nitrogen and oxygen atoms in total. The molecule has 1 amide bonds. The standard InChI is InChI=1S/C26H29N3O5/c1-31-22-13-17(10-12-25(30)29-21-8-6-5-7-20(21)27)9-11-18(22)16-28-19-14-23(32-2)26(34-4)24(15-19)33-3/h5-15,28H,16,27H2,1-4H3,(H,29,30)/b12-10+. The lowest BCUT2D eigenvalue weighted by atomic mass is 10.1. The highest BCUT2D eigenvalue weighted by atomic mass is 16.5. The van der Waals surface area contributed by atoms with E-state index in [1.54, 1.807) is 46.6 Å². The van der Waals surface area contributed by atoms with Crippen molar-refractivity contribution in [2.45, 2.75) is 6.54 Å². The number of nitrogen functional groups attached to an aromatic ring is 1. The minimum absolute atomic E-state index is 0.273. The molecule has 0 aromatic heterocycles. The minimum Gasteiger partial charge on any atom is -0.496 e. The number of para-hydroxylation sites is 2. The lowest BCUT2D eigenvalue weighted by Crippen LogP contribution is -2.09. The van der Waals surface area contributed by atoms with Gasteiger partial charge in [0.2, 0.25) is 11.7 Å². The highest BCUT2D eigenvalue weighted by Crippen LogP contribution is 2.40. The quantitative estimate of drug-likeness (QED) is 0.299. The molecule has 4 N–H and O–H groups in total. The number of amides is 1. The van der Waals surface area contributed by atoms with Crippen LogP contribution in [-0.2, 0) is 11.3 Å². The number of hydrogen-bond donors (Lipinski definition) is 3. The van der Waals surface area contributed by atoms with Crippen LogP contribution in [0.4, 0.5) is 17.1 Å². The van der Waals surface area contributed by atoms with Gasteiger partial charge in [-0.1, -0.05) is 24.3 Å². The lowest BCUT2D eigenvalue weighted by molar-refractivity contribution is -0.111. The van der Waals surface area contributed by atoms with E-state index in [-0.39, 0.29) is 5.91 Å². The number of nitrogens with one attached hydrogen (secondary N) is 2. The SMILES string of the molecule is COc1cc(/C=C/C(=O)Nc2ccccc2N)ccc1CNc1cc(OC)c(OC)c(OC)c1. The molecule has 0 radical (unpaired) electrons. The summed E-state index contributed by atoms with van der Waals surface area (Å²) in [6.07, 6.45) is 3.17. The first-order valence-electron chi connectivity index (χ1n) is 10.5. The number of anilines is 3. The molecule has 0 bridgehead atoms. The van der Waals surface area contributed by atoms with Crippen LogP contribution in [0.3, 0.4) is 0 Å². The summed E-state index contributed by atoms with van der Waals surface area (Å²) in [6.45, 7) is 0.500. The summed E-state index contributed by atoms with van der Waals surface area (Å²) >= 11 is 0. The molecule has 0 saturated heterocycles. The zero-order chi connectivity index (χ0) is 24.5. The number of nitrogens with two attached hydrogens (primary N) is 1. The first kappa shape index (κ1) is 24.3. The highest BCUT2D eigenvalue weighted by Gasteiger charge is 2.13. The van der Waals surface area contributed by atoms with Gasteiger partial charge >= 0.3 is 0 Å². The van der Waals surface area contributed by atoms with E-state index in [2.05, 4.69) is 10.6 Å². The van der Waals surface area contributed by atoms with Crippen LogP contribution < -0.4 is 35.3 Å². The first-order chi connectivity index (χ1) is 16.5. The molecule has 0 heterocycles. The van der Waals surface area contributed by atoms with E-state index in [0.29, 0.717) is 40.9 Å². The van der Waals surface area contributed by atoms with Crippen LogP contribution in [0.25, 0.3) is 6.08 Å². The zero-order valence-electron chi connectivity index (χ0n) is 19.7. The molecule has 3 aromatic carbocycles. The number of carbonyl (C=O) groups excluding carboxylic acids is 1. The summed E-state index contributed by atoms with van der Waals surface area (Å²) in [6, 6.07) is 16.5. The summed E-state index contributed by atoms with van der Waals surface area (Å²) in [4.78, 5) is 12.2. The normalized spacial score (nSPS) is 10.6. The largest absolute Gasteiger partial charge is 0.496 e. The Morgan fingerprint density at radius 3 is 2.18 bits per heavy atom. The predicted octanol–water partition coefficient (Wildman–Crippen LogP) is 4.57. The number of ether oxygens (including phenoxy) is 4. The van der Waals surface area contributed by atoms with Gasteiger partial charge in [0, 0.05) is 36.0 Å². The second-order valence-corrected chi connectivity index (χ2v) is 7.25. The topological polar surface area (TPSA) is 104 Å². The molecule has 8 heteroatoms. The molecule has 0 spiro atoms. The third-order valence-corrected chi connectivity index (χ3v) is 5.10. The minimum atomic E-state index is -0.273. The maximum Gasteiger partial charge on any atom is 0.248 e. The molecule has 178 valence electrons. The number of hydrogen-bond acceptors (Lipinski definition) is 7. The summed E-state index contributed by atoms with van der Waals surface area (Å²) in [5.74, 6) is 2.07. The van der Waals surface area contributed by atoms with Gasteiger partial charge in [-0.3, -0.25) is 4.79 Å². The molecule has 3 aromatic rings. The van der Waals surface area contributed by atoms with Crippen molar-refractivity contribution in [3.8, 4) is 23.0 Å². The third kappa shape index (κ3) is 5.92. The Labute approximate surface area is 199 Å². The van der Waals surface area contributed by atoms with E-state index in [1.165, 1.54) is 6.08 Å². The van der Waals surface area contributed by atoms with E-state index < -0.39 is 0 Å². The Morgan fingerprint density at radius 1 is 0.882 bits per heavy atom. The van der Waals surface area contributed by atoms with E-state index >= 15 is 0 Å². The van der Waals surface area contributed by atoms with E-state index in [1.807, 2.05) is 42.5 Å². The summed E-state index contributed by atoms with van der Waals surface area (Å²) < 4.78 is 21.7. The molecule has 34 heavy (non-hydrogen) atoms. The molecule has 0 saturated carbocycles. The van der Waals surface area contributed by atoms with E-state index in [9.17, 15) is 4.79 Å². The van der Waals surface area contributed by atoms with Crippen molar-refractivity contribution >= 4 is 29.0 Å². The van der Waals surface area contributed by atoms with Gasteiger partial charge in [0.25, 0.3) is 0 Å². The Hall–Kier alpha value is -4.33. The fourth-order valence-electron chi connectivity index (χ4n) is 3.35. The maximum atomic E-state index is 12.2. The van der Waals surface area contributed by atoms with Crippen molar-refractivity contribution < 1.29 is 23.7 Å². The molecule has 0 unspecified atom stereocenters. The third-order valence-electron chi connectivity index (χ3n) is 5.10. The van der Waals surface area contributed by atoms with E-state index in [0.717, 1.165) is 16.8 Å². The van der Waals surface area contributed by atoms with Gasteiger partial charge in [-0.15, -0.1) is 0 Å². The number of carbonyl (C=O) groups is 1. The number of benzene rings is 3. The van der Waals surface area contributed by atoms with Crippen LogP contribution in [0.5, 0.6) is 23.0 Å². The monoisotopic (exact) mass is 463 g/mol. The molecular weight excluding hydrogens is 434 g/mol. The van der Waals surface area contributed by atoms with Crippen LogP contribution >= 0.6 is 0 Å². The van der Waals surface area contributed by atoms with Gasteiger partial charge in [-0.05, 0) is 29.8 Å². The average Bonchev–Trinajstić information content (AvgIpc) is 2.86. The number of rotatable bonds is 10. The van der Waals surface area contributed by atoms with Gasteiger partial charge in [0.05, 0.1) is 39.8 Å². The van der Waals surface area contributed by atoms with Crippen LogP contribution in [0.2, 0.25) is 0 Å². The Morgan fingerprint density at radius 2 is 1.56 bits per heavy atom. The van der Waals surface area contributed by atoms with Crippen molar-refractivity contribution in [1.29, 1.82) is 0 Å². The van der Waals surface area contributed by atoms with Gasteiger partial charge < -0.3 is 35.3 Å². The van der Waals surface area contributed by atoms with Crippen LogP contribution in [0, 0.1) is 0 Å². The summed E-state index contributed by atoms with van der Waals surface area (Å²) in [7, 11) is 6.32. The molecule has 0 aliphatic carbocycles. The second kappa shape index (κ2) is 11.5. The summed E-state index contributed by atoms with van der Waals surface area (Å²) in [5.41, 5.74) is 9.51. The lowest BCUT2D eigenvalue weighted by Gasteiger charge is -2.16. The van der Waals surface area contributed by atoms with Crippen LogP contribution in [-0.4, -0.2) is 34.3 Å². The second-order valence-electron chi connectivity index (χ2n) is 7.25. The predicted molar refractivity (Wildman–Crippen MR) is 135 cm³/mol. The molecule has 0 atom stereocenters. The van der Waals surface area contributed by atoms with Crippen molar-refractivity contribution in [3.63, 3.8) is 0 Å². The number of methoxy groups -OCH3 is 4. The average molecular weight is 464 g/mol. The highest BCUT2D eigenvalue weighted by molar-refractivity contribution is 6.03. The Bertz CT molecular complexity index is 1150. The maximum absolute atomic E-state index is 12.2. The van der Waals surface area contributed by atoms with Gasteiger partial charge in [0.1, 0.15) is 5.75 Å².